The van der Waals surface area contributed by atoms with Crippen molar-refractivity contribution in [3.05, 3.63) is 59.7 Å². The maximum atomic E-state index is 13.3. The van der Waals surface area contributed by atoms with Crippen LogP contribution < -0.4 is 9.46 Å². The van der Waals surface area contributed by atoms with Crippen molar-refractivity contribution in [2.75, 3.05) is 7.11 Å². The highest BCUT2D eigenvalue weighted by atomic mass is 32.2. The lowest BCUT2D eigenvalue weighted by molar-refractivity contribution is -0.152. The molecule has 0 bridgehead atoms. The van der Waals surface area contributed by atoms with Crippen LogP contribution in [-0.4, -0.2) is 17.5 Å². The number of aryl methyl sites for hydroxylation is 1. The molecule has 0 aliphatic carbocycles. The van der Waals surface area contributed by atoms with Gasteiger partial charge < -0.3 is 4.74 Å². The fraction of sp³-hybridized carbons (Fsp3) is 0.250. The van der Waals surface area contributed by atoms with E-state index in [1.807, 2.05) is 6.92 Å². The van der Waals surface area contributed by atoms with E-state index in [9.17, 15) is 17.4 Å². The van der Waals surface area contributed by atoms with E-state index in [1.165, 1.54) is 31.4 Å². The van der Waals surface area contributed by atoms with Gasteiger partial charge in [0.25, 0.3) is 0 Å². The summed E-state index contributed by atoms with van der Waals surface area (Å²) in [6, 6.07) is 9.92. The molecule has 0 aliphatic heterocycles. The number of hydrogen-bond acceptors (Lipinski definition) is 2. The first-order valence-corrected chi connectivity index (χ1v) is 7.91. The summed E-state index contributed by atoms with van der Waals surface area (Å²) in [4.78, 5) is 0.290. The lowest BCUT2D eigenvalue weighted by Crippen LogP contribution is -2.35. The van der Waals surface area contributed by atoms with Gasteiger partial charge in [-0.3, -0.25) is 0 Å². The Hall–Kier alpha value is -1.86. The number of ether oxygens (including phenoxy) is 1. The molecule has 0 saturated carbocycles. The van der Waals surface area contributed by atoms with Crippen LogP contribution in [0.25, 0.3) is 0 Å². The van der Waals surface area contributed by atoms with Gasteiger partial charge in [0.15, 0.2) is 0 Å². The summed E-state index contributed by atoms with van der Waals surface area (Å²) in [7, 11) is -0.546. The maximum Gasteiger partial charge on any atom is 0.408 e. The van der Waals surface area contributed by atoms with E-state index in [0.717, 1.165) is 5.56 Å². The minimum absolute atomic E-state index is 0.0289. The number of rotatable bonds is 5. The van der Waals surface area contributed by atoms with Crippen molar-refractivity contribution in [2.24, 2.45) is 0 Å². The van der Waals surface area contributed by atoms with Crippen molar-refractivity contribution in [1.29, 1.82) is 0 Å². The third-order valence-corrected chi connectivity index (χ3v) is 4.39. The van der Waals surface area contributed by atoms with Gasteiger partial charge in [0, 0.05) is 0 Å². The first kappa shape index (κ1) is 17.5. The minimum Gasteiger partial charge on any atom is -0.497 e. The highest BCUT2D eigenvalue weighted by Crippen LogP contribution is 2.34. The van der Waals surface area contributed by atoms with Crippen LogP contribution in [0.15, 0.2) is 53.4 Å². The van der Waals surface area contributed by atoms with E-state index in [0.29, 0.717) is 10.6 Å². The molecule has 0 aliphatic rings. The fourth-order valence-corrected chi connectivity index (χ4v) is 2.96. The summed E-state index contributed by atoms with van der Waals surface area (Å²) in [6.45, 7) is 1.84. The van der Waals surface area contributed by atoms with Gasteiger partial charge in [-0.15, -0.1) is 0 Å². The molecule has 23 heavy (non-hydrogen) atoms. The Kier molecular flexibility index (Phi) is 5.43. The second-order valence-corrected chi connectivity index (χ2v) is 6.19. The quantitative estimate of drug-likeness (QED) is 0.894. The topological polar surface area (TPSA) is 38.3 Å². The molecule has 0 heterocycles. The van der Waals surface area contributed by atoms with E-state index >= 15 is 0 Å². The molecule has 0 amide bonds. The van der Waals surface area contributed by atoms with Crippen LogP contribution in [0, 0.1) is 6.92 Å². The normalized spacial score (nSPS) is 14.3. The Bertz CT molecular complexity index is 669. The van der Waals surface area contributed by atoms with Crippen molar-refractivity contribution in [2.45, 2.75) is 24.0 Å². The highest BCUT2D eigenvalue weighted by molar-refractivity contribution is 7.83. The van der Waals surface area contributed by atoms with Crippen molar-refractivity contribution in [3.8, 4) is 5.75 Å². The van der Waals surface area contributed by atoms with Gasteiger partial charge in [-0.2, -0.15) is 13.2 Å². The summed E-state index contributed by atoms with van der Waals surface area (Å²) in [5.74, 6) is 0.453. The minimum atomic E-state index is -4.57. The van der Waals surface area contributed by atoms with Gasteiger partial charge in [0.05, 0.1) is 12.0 Å². The number of benzene rings is 2. The Morgan fingerprint density at radius 3 is 2.09 bits per heavy atom. The Morgan fingerprint density at radius 1 is 1.04 bits per heavy atom. The molecule has 2 rings (SSSR count). The molecule has 0 spiro atoms. The molecule has 0 radical (unpaired) electrons. The predicted octanol–water partition coefficient (Wildman–Crippen LogP) is 3.92. The van der Waals surface area contributed by atoms with E-state index in [2.05, 4.69) is 4.72 Å². The molecular weight excluding hydrogens is 327 g/mol. The number of methoxy groups -OCH3 is 1. The van der Waals surface area contributed by atoms with Gasteiger partial charge in [-0.25, -0.2) is 8.93 Å². The largest absolute Gasteiger partial charge is 0.497 e. The molecule has 2 atom stereocenters. The SMILES string of the molecule is COc1ccc([C@@H](N[S@@](=O)c2ccc(C)cc2)C(F)(F)F)cc1. The van der Waals surface area contributed by atoms with Crippen LogP contribution in [0.1, 0.15) is 17.2 Å². The molecular formula is C16H16F3NO2S. The zero-order valence-electron chi connectivity index (χ0n) is 12.6. The van der Waals surface area contributed by atoms with Crippen molar-refractivity contribution < 1.29 is 22.1 Å². The monoisotopic (exact) mass is 343 g/mol. The first-order valence-electron chi connectivity index (χ1n) is 6.76. The average molecular weight is 343 g/mol. The summed E-state index contributed by atoms with van der Waals surface area (Å²) in [5.41, 5.74) is 0.909. The summed E-state index contributed by atoms with van der Waals surface area (Å²) < 4.78 is 59.2. The van der Waals surface area contributed by atoms with Crippen molar-refractivity contribution in [3.63, 3.8) is 0 Å². The van der Waals surface area contributed by atoms with Gasteiger partial charge in [0.1, 0.15) is 22.8 Å². The van der Waals surface area contributed by atoms with Gasteiger partial charge in [-0.05, 0) is 36.8 Å². The first-order chi connectivity index (χ1) is 10.8. The van der Waals surface area contributed by atoms with Crippen LogP contribution in [0.3, 0.4) is 0 Å². The Balaban J connectivity index is 2.25. The Labute approximate surface area is 135 Å². The lowest BCUT2D eigenvalue weighted by atomic mass is 10.1. The van der Waals surface area contributed by atoms with Crippen LogP contribution in [0.4, 0.5) is 13.2 Å². The Morgan fingerprint density at radius 2 is 1.61 bits per heavy atom. The molecule has 2 aromatic carbocycles. The predicted molar refractivity (Wildman–Crippen MR) is 82.5 cm³/mol. The number of hydrogen-bond donors (Lipinski definition) is 1. The summed E-state index contributed by atoms with van der Waals surface area (Å²) >= 11 is 0. The number of halogens is 3. The van der Waals surface area contributed by atoms with Gasteiger partial charge in [-0.1, -0.05) is 29.8 Å². The van der Waals surface area contributed by atoms with Crippen LogP contribution in [-0.2, 0) is 11.0 Å². The van der Waals surface area contributed by atoms with Crippen LogP contribution in [0.2, 0.25) is 0 Å². The van der Waals surface area contributed by atoms with Crippen LogP contribution >= 0.6 is 0 Å². The third-order valence-electron chi connectivity index (χ3n) is 3.24. The van der Waals surface area contributed by atoms with Gasteiger partial charge >= 0.3 is 6.18 Å². The second kappa shape index (κ2) is 7.14. The summed E-state index contributed by atoms with van der Waals surface area (Å²) in [6.07, 6.45) is -4.57. The van der Waals surface area contributed by atoms with E-state index in [1.54, 1.807) is 24.3 Å². The highest BCUT2D eigenvalue weighted by Gasteiger charge is 2.41. The molecule has 124 valence electrons. The second-order valence-electron chi connectivity index (χ2n) is 4.95. The maximum absolute atomic E-state index is 13.3. The van der Waals surface area contributed by atoms with E-state index < -0.39 is 23.2 Å². The zero-order valence-corrected chi connectivity index (χ0v) is 13.4. The molecule has 0 saturated heterocycles. The number of alkyl halides is 3. The molecule has 7 heteroatoms. The lowest BCUT2D eigenvalue weighted by Gasteiger charge is -2.21. The van der Waals surface area contributed by atoms with E-state index in [4.69, 9.17) is 4.74 Å². The standard InChI is InChI=1S/C16H16F3NO2S/c1-11-3-9-14(10-4-11)23(21)20-15(16(17,18)19)12-5-7-13(22-2)8-6-12/h3-10,15,20H,1-2H3/t15-,23+/m1/s1. The number of nitrogens with one attached hydrogen (secondary N) is 1. The van der Waals surface area contributed by atoms with Gasteiger partial charge in [0.2, 0.25) is 0 Å². The molecule has 1 N–H and O–H groups in total. The van der Waals surface area contributed by atoms with E-state index in [-0.39, 0.29) is 5.56 Å². The van der Waals surface area contributed by atoms with Crippen molar-refractivity contribution >= 4 is 11.0 Å². The van der Waals surface area contributed by atoms with Crippen molar-refractivity contribution in [1.82, 2.24) is 4.72 Å². The average Bonchev–Trinajstić information content (AvgIpc) is 2.52. The molecule has 0 fully saturated rings. The summed E-state index contributed by atoms with van der Waals surface area (Å²) in [5, 5.41) is 0. The van der Waals surface area contributed by atoms with Crippen LogP contribution in [0.5, 0.6) is 5.75 Å². The third kappa shape index (κ3) is 4.56. The smallest absolute Gasteiger partial charge is 0.408 e. The fourth-order valence-electron chi connectivity index (χ4n) is 1.96. The molecule has 3 nitrogen and oxygen atoms in total. The molecule has 2 aromatic rings. The molecule has 0 aromatic heterocycles. The zero-order chi connectivity index (χ0) is 17.0. The molecule has 0 unspecified atom stereocenters.